The first-order chi connectivity index (χ1) is 14.4. The van der Waals surface area contributed by atoms with E-state index in [0.29, 0.717) is 19.7 Å². The van der Waals surface area contributed by atoms with Crippen molar-refractivity contribution in [3.05, 3.63) is 36.2 Å². The van der Waals surface area contributed by atoms with Crippen LogP contribution in [0.5, 0.6) is 0 Å². The highest BCUT2D eigenvalue weighted by Gasteiger charge is 2.39. The minimum Gasteiger partial charge on any atom is -0.414 e. The molecule has 164 valence electrons. The van der Waals surface area contributed by atoms with Crippen molar-refractivity contribution in [3.63, 3.8) is 0 Å². The summed E-state index contributed by atoms with van der Waals surface area (Å²) in [6, 6.07) is 8.61. The number of benzene rings is 1. The lowest BCUT2D eigenvalue weighted by atomic mass is 10.1. The second kappa shape index (κ2) is 10.2. The van der Waals surface area contributed by atoms with Crippen LogP contribution in [0.1, 0.15) is 31.0 Å². The fraction of sp³-hybridized carbons (Fsp3) is 0.571. The van der Waals surface area contributed by atoms with Crippen LogP contribution in [0.3, 0.4) is 0 Å². The fourth-order valence-corrected chi connectivity index (χ4v) is 3.50. The van der Waals surface area contributed by atoms with E-state index in [2.05, 4.69) is 15.5 Å². The number of likely N-dealkylation sites (tertiary alicyclic amines) is 1. The first-order valence-electron chi connectivity index (χ1n) is 10.0. The summed E-state index contributed by atoms with van der Waals surface area (Å²) in [5.74, 6) is -0.147. The van der Waals surface area contributed by atoms with Crippen molar-refractivity contribution in [2.45, 2.75) is 38.0 Å². The van der Waals surface area contributed by atoms with Gasteiger partial charge in [0, 0.05) is 44.3 Å². The Balaban J connectivity index is 1.58. The van der Waals surface area contributed by atoms with E-state index < -0.39 is 12.2 Å². The van der Waals surface area contributed by atoms with E-state index in [1.807, 2.05) is 49.1 Å². The summed E-state index contributed by atoms with van der Waals surface area (Å²) in [6.45, 7) is 6.03. The number of carbonyl (C=O) groups excluding carboxylic acids is 1. The van der Waals surface area contributed by atoms with E-state index in [0.717, 1.165) is 5.56 Å². The molecule has 1 fully saturated rings. The van der Waals surface area contributed by atoms with Gasteiger partial charge in [-0.3, -0.25) is 9.69 Å². The van der Waals surface area contributed by atoms with E-state index in [4.69, 9.17) is 13.9 Å². The Hall–Kier alpha value is -2.20. The molecule has 0 aliphatic carbocycles. The molecule has 3 rings (SSSR count). The molecule has 1 aliphatic heterocycles. The monoisotopic (exact) mass is 420 g/mol. The summed E-state index contributed by atoms with van der Waals surface area (Å²) in [4.78, 5) is 14.8. The highest BCUT2D eigenvalue weighted by molar-refractivity contribution is 5.96. The Morgan fingerprint density at radius 1 is 1.33 bits per heavy atom. The van der Waals surface area contributed by atoms with Crippen molar-refractivity contribution in [3.8, 4) is 11.5 Å². The first kappa shape index (κ1) is 22.5. The van der Waals surface area contributed by atoms with Gasteiger partial charge in [0.15, 0.2) is 0 Å². The molecule has 0 saturated carbocycles. The van der Waals surface area contributed by atoms with Crippen LogP contribution < -0.4 is 5.32 Å². The van der Waals surface area contributed by atoms with Crippen LogP contribution in [0.4, 0.5) is 4.39 Å². The molecule has 2 atom stereocenters. The van der Waals surface area contributed by atoms with E-state index in [-0.39, 0.29) is 42.9 Å². The molecule has 0 radical (unpaired) electrons. The Kier molecular flexibility index (Phi) is 7.65. The van der Waals surface area contributed by atoms with Crippen molar-refractivity contribution < 1.29 is 23.1 Å². The molecule has 1 saturated heterocycles. The van der Waals surface area contributed by atoms with Crippen LogP contribution in [0.25, 0.3) is 11.5 Å². The quantitative estimate of drug-likeness (QED) is 0.337. The first-order valence-corrected chi connectivity index (χ1v) is 10.0. The van der Waals surface area contributed by atoms with Crippen molar-refractivity contribution >= 4 is 5.78 Å². The SMILES string of the molecule is COCOCC(C)(C)NCCN1C[C@@H](F)CC1C(=O)c1nnc(-c2ccccc2)o1. The third-order valence-electron chi connectivity index (χ3n) is 4.98. The predicted octanol–water partition coefficient (Wildman–Crippen LogP) is 2.32. The standard InChI is InChI=1S/C21H29FN4O4/c1-21(2,13-29-14-28-3)23-9-10-26-12-16(22)11-17(26)18(27)20-25-24-19(30-20)15-7-5-4-6-8-15/h4-8,16-17,23H,9-14H2,1-3H3/t16-,17?/m0/s1. The molecule has 0 spiro atoms. The smallest absolute Gasteiger partial charge is 0.285 e. The molecule has 2 heterocycles. The van der Waals surface area contributed by atoms with Crippen molar-refractivity contribution in [1.29, 1.82) is 0 Å². The number of nitrogens with one attached hydrogen (secondary N) is 1. The number of rotatable bonds is 11. The normalized spacial score (nSPS) is 20.0. The number of ketones is 1. The molecule has 30 heavy (non-hydrogen) atoms. The number of alkyl halides is 1. The van der Waals surface area contributed by atoms with Gasteiger partial charge < -0.3 is 19.2 Å². The van der Waals surface area contributed by atoms with Crippen LogP contribution in [0.2, 0.25) is 0 Å². The van der Waals surface area contributed by atoms with Gasteiger partial charge in [-0.2, -0.15) is 0 Å². The molecule has 1 N–H and O–H groups in total. The molecule has 8 nitrogen and oxygen atoms in total. The van der Waals surface area contributed by atoms with Crippen LogP contribution in [-0.4, -0.2) is 78.8 Å². The number of carbonyl (C=O) groups is 1. The van der Waals surface area contributed by atoms with E-state index >= 15 is 0 Å². The summed E-state index contributed by atoms with van der Waals surface area (Å²) in [5, 5.41) is 11.2. The molecule has 1 unspecified atom stereocenters. The van der Waals surface area contributed by atoms with Gasteiger partial charge in [0.05, 0.1) is 12.6 Å². The molecule has 0 amide bonds. The van der Waals surface area contributed by atoms with Crippen LogP contribution in [0.15, 0.2) is 34.7 Å². The largest absolute Gasteiger partial charge is 0.414 e. The zero-order valence-electron chi connectivity index (χ0n) is 17.6. The number of hydrogen-bond acceptors (Lipinski definition) is 8. The van der Waals surface area contributed by atoms with E-state index in [1.165, 1.54) is 0 Å². The maximum Gasteiger partial charge on any atom is 0.285 e. The van der Waals surface area contributed by atoms with Gasteiger partial charge in [-0.25, -0.2) is 4.39 Å². The molecule has 1 aromatic heterocycles. The lowest BCUT2D eigenvalue weighted by Crippen LogP contribution is -2.48. The lowest BCUT2D eigenvalue weighted by molar-refractivity contribution is -0.0487. The highest BCUT2D eigenvalue weighted by atomic mass is 19.1. The van der Waals surface area contributed by atoms with Crippen molar-refractivity contribution in [2.24, 2.45) is 0 Å². The third kappa shape index (κ3) is 5.91. The number of ether oxygens (including phenoxy) is 2. The maximum absolute atomic E-state index is 14.1. The molecule has 9 heteroatoms. The average molecular weight is 420 g/mol. The zero-order valence-corrected chi connectivity index (χ0v) is 17.6. The Morgan fingerprint density at radius 3 is 2.83 bits per heavy atom. The second-order valence-corrected chi connectivity index (χ2v) is 8.05. The molecular formula is C21H29FN4O4. The summed E-state index contributed by atoms with van der Waals surface area (Å²) in [7, 11) is 1.57. The Bertz CT molecular complexity index is 814. The molecule has 1 aliphatic rings. The minimum atomic E-state index is -1.06. The van der Waals surface area contributed by atoms with Crippen LogP contribution in [0, 0.1) is 0 Å². The van der Waals surface area contributed by atoms with E-state index in [9.17, 15) is 9.18 Å². The number of nitrogens with zero attached hydrogens (tertiary/aromatic N) is 3. The van der Waals surface area contributed by atoms with E-state index in [1.54, 1.807) is 7.11 Å². The number of methoxy groups -OCH3 is 1. The Labute approximate surface area is 175 Å². The van der Waals surface area contributed by atoms with Gasteiger partial charge in [-0.05, 0) is 26.0 Å². The van der Waals surface area contributed by atoms with Crippen molar-refractivity contribution in [2.75, 3.05) is 40.1 Å². The second-order valence-electron chi connectivity index (χ2n) is 8.05. The van der Waals surface area contributed by atoms with Gasteiger partial charge in [0.2, 0.25) is 11.7 Å². The number of aromatic nitrogens is 2. The molecule has 2 aromatic rings. The third-order valence-corrected chi connectivity index (χ3v) is 4.98. The van der Waals surface area contributed by atoms with Gasteiger partial charge in [-0.1, -0.05) is 18.2 Å². The van der Waals surface area contributed by atoms with Gasteiger partial charge >= 0.3 is 0 Å². The van der Waals surface area contributed by atoms with Crippen LogP contribution in [-0.2, 0) is 9.47 Å². The maximum atomic E-state index is 14.1. The summed E-state index contributed by atoms with van der Waals surface area (Å²) >= 11 is 0. The summed E-state index contributed by atoms with van der Waals surface area (Å²) < 4.78 is 30.0. The molecule has 1 aromatic carbocycles. The lowest BCUT2D eigenvalue weighted by Gasteiger charge is -2.28. The number of hydrogen-bond donors (Lipinski definition) is 1. The van der Waals surface area contributed by atoms with Crippen molar-refractivity contribution in [1.82, 2.24) is 20.4 Å². The van der Waals surface area contributed by atoms with Gasteiger partial charge in [0.1, 0.15) is 13.0 Å². The molecular weight excluding hydrogens is 391 g/mol. The topological polar surface area (TPSA) is 89.7 Å². The fourth-order valence-electron chi connectivity index (χ4n) is 3.50. The van der Waals surface area contributed by atoms with Gasteiger partial charge in [0.25, 0.3) is 5.89 Å². The predicted molar refractivity (Wildman–Crippen MR) is 109 cm³/mol. The summed E-state index contributed by atoms with van der Waals surface area (Å²) in [6.07, 6.45) is -0.934. The molecule has 0 bridgehead atoms. The number of halogens is 1. The average Bonchev–Trinajstić information content (AvgIpc) is 3.35. The Morgan fingerprint density at radius 2 is 2.10 bits per heavy atom. The number of Topliss-reactive ketones (excluding diaryl/α,β-unsaturated/α-hetero) is 1. The minimum absolute atomic E-state index is 0.0841. The highest BCUT2D eigenvalue weighted by Crippen LogP contribution is 2.25. The zero-order chi connectivity index (χ0) is 21.6. The van der Waals surface area contributed by atoms with Crippen LogP contribution >= 0.6 is 0 Å². The van der Waals surface area contributed by atoms with Gasteiger partial charge in [-0.15, -0.1) is 10.2 Å². The summed E-state index contributed by atoms with van der Waals surface area (Å²) in [5.41, 5.74) is 0.460.